The largest absolute Gasteiger partial charge is 0.418 e. The molecular formula is C14H9ClF3N3. The minimum atomic E-state index is -4.50. The number of aromatic nitrogens is 1. The van der Waals surface area contributed by atoms with E-state index >= 15 is 0 Å². The number of anilines is 1. The van der Waals surface area contributed by atoms with Crippen molar-refractivity contribution in [3.8, 4) is 6.07 Å². The molecule has 7 heteroatoms. The first kappa shape index (κ1) is 15.1. The van der Waals surface area contributed by atoms with Gasteiger partial charge in [0.1, 0.15) is 11.8 Å². The zero-order chi connectivity index (χ0) is 15.5. The minimum absolute atomic E-state index is 0.0145. The summed E-state index contributed by atoms with van der Waals surface area (Å²) in [6.07, 6.45) is -3.07. The summed E-state index contributed by atoms with van der Waals surface area (Å²) in [5.74, 6) is 0. The SMILES string of the molecule is N#Cc1cc(CNc2c(Cl)cccc2C(F)(F)F)ccn1. The van der Waals surface area contributed by atoms with Crippen LogP contribution in [0.3, 0.4) is 0 Å². The van der Waals surface area contributed by atoms with Crippen molar-refractivity contribution in [1.82, 2.24) is 4.98 Å². The molecule has 0 saturated heterocycles. The second kappa shape index (κ2) is 6.02. The standard InChI is InChI=1S/C14H9ClF3N3/c15-12-3-1-2-11(14(16,17)18)13(12)21-8-9-4-5-20-10(6-9)7-19/h1-6,21H,8H2. The fraction of sp³-hybridized carbons (Fsp3) is 0.143. The van der Waals surface area contributed by atoms with Gasteiger partial charge in [-0.2, -0.15) is 18.4 Å². The van der Waals surface area contributed by atoms with E-state index in [0.717, 1.165) is 6.07 Å². The molecule has 3 nitrogen and oxygen atoms in total. The molecule has 0 unspecified atom stereocenters. The summed E-state index contributed by atoms with van der Waals surface area (Å²) in [7, 11) is 0. The van der Waals surface area contributed by atoms with E-state index in [1.165, 1.54) is 24.4 Å². The van der Waals surface area contributed by atoms with Gasteiger partial charge in [0.2, 0.25) is 0 Å². The summed E-state index contributed by atoms with van der Waals surface area (Å²) in [6, 6.07) is 8.56. The molecule has 21 heavy (non-hydrogen) atoms. The van der Waals surface area contributed by atoms with Crippen molar-refractivity contribution in [1.29, 1.82) is 5.26 Å². The summed E-state index contributed by atoms with van der Waals surface area (Å²) >= 11 is 5.83. The second-order valence-corrected chi connectivity index (χ2v) is 4.58. The molecule has 0 radical (unpaired) electrons. The quantitative estimate of drug-likeness (QED) is 0.922. The van der Waals surface area contributed by atoms with Crippen LogP contribution in [-0.4, -0.2) is 4.98 Å². The maximum absolute atomic E-state index is 12.9. The van der Waals surface area contributed by atoms with E-state index in [9.17, 15) is 13.2 Å². The van der Waals surface area contributed by atoms with Gasteiger partial charge in [-0.25, -0.2) is 4.98 Å². The highest BCUT2D eigenvalue weighted by Gasteiger charge is 2.34. The number of hydrogen-bond acceptors (Lipinski definition) is 3. The Balaban J connectivity index is 2.26. The van der Waals surface area contributed by atoms with Gasteiger partial charge in [0.05, 0.1) is 16.3 Å². The molecule has 108 valence electrons. The Kier molecular flexibility index (Phi) is 4.34. The van der Waals surface area contributed by atoms with E-state index in [-0.39, 0.29) is 22.9 Å². The van der Waals surface area contributed by atoms with Crippen LogP contribution in [0, 0.1) is 11.3 Å². The van der Waals surface area contributed by atoms with Crippen molar-refractivity contribution >= 4 is 17.3 Å². The number of rotatable bonds is 3. The van der Waals surface area contributed by atoms with Crippen LogP contribution in [0.5, 0.6) is 0 Å². The third kappa shape index (κ3) is 3.64. The van der Waals surface area contributed by atoms with Gasteiger partial charge < -0.3 is 5.32 Å². The molecule has 1 aromatic heterocycles. The molecule has 1 N–H and O–H groups in total. The highest BCUT2D eigenvalue weighted by Crippen LogP contribution is 2.38. The Hall–Kier alpha value is -2.26. The van der Waals surface area contributed by atoms with Crippen LogP contribution in [0.2, 0.25) is 5.02 Å². The number of nitrogens with one attached hydrogen (secondary N) is 1. The molecule has 0 aliphatic rings. The lowest BCUT2D eigenvalue weighted by molar-refractivity contribution is -0.136. The van der Waals surface area contributed by atoms with Crippen molar-refractivity contribution in [3.05, 3.63) is 58.4 Å². The molecular weight excluding hydrogens is 303 g/mol. The number of halogens is 4. The molecule has 0 bridgehead atoms. The molecule has 0 aliphatic carbocycles. The van der Waals surface area contributed by atoms with Crippen LogP contribution in [0.4, 0.5) is 18.9 Å². The molecule has 1 heterocycles. The van der Waals surface area contributed by atoms with E-state index in [4.69, 9.17) is 16.9 Å². The normalized spacial score (nSPS) is 11.0. The van der Waals surface area contributed by atoms with Crippen molar-refractivity contribution in [3.63, 3.8) is 0 Å². The van der Waals surface area contributed by atoms with Crippen molar-refractivity contribution in [2.45, 2.75) is 12.7 Å². The molecule has 2 aromatic rings. The molecule has 0 spiro atoms. The van der Waals surface area contributed by atoms with Crippen LogP contribution in [0.1, 0.15) is 16.8 Å². The number of pyridine rings is 1. The summed E-state index contributed by atoms with van der Waals surface area (Å²) in [6.45, 7) is 0.101. The van der Waals surface area contributed by atoms with Gasteiger partial charge in [-0.3, -0.25) is 0 Å². The number of hydrogen-bond donors (Lipinski definition) is 1. The van der Waals surface area contributed by atoms with Crippen LogP contribution in [-0.2, 0) is 12.7 Å². The lowest BCUT2D eigenvalue weighted by Gasteiger charge is -2.16. The lowest BCUT2D eigenvalue weighted by atomic mass is 10.1. The van der Waals surface area contributed by atoms with Crippen LogP contribution < -0.4 is 5.32 Å². The van der Waals surface area contributed by atoms with Crippen LogP contribution >= 0.6 is 11.6 Å². The van der Waals surface area contributed by atoms with Gasteiger partial charge in [0.25, 0.3) is 0 Å². The fourth-order valence-electron chi connectivity index (χ4n) is 1.78. The summed E-state index contributed by atoms with van der Waals surface area (Å²) in [5.41, 5.74) is -0.175. The maximum atomic E-state index is 12.9. The van der Waals surface area contributed by atoms with Gasteiger partial charge >= 0.3 is 6.18 Å². The van der Waals surface area contributed by atoms with Gasteiger partial charge in [-0.1, -0.05) is 17.7 Å². The smallest absolute Gasteiger partial charge is 0.379 e. The predicted molar refractivity (Wildman–Crippen MR) is 72.7 cm³/mol. The topological polar surface area (TPSA) is 48.7 Å². The van der Waals surface area contributed by atoms with E-state index in [1.54, 1.807) is 6.07 Å². The van der Waals surface area contributed by atoms with Gasteiger partial charge in [0.15, 0.2) is 0 Å². The highest BCUT2D eigenvalue weighted by atomic mass is 35.5. The van der Waals surface area contributed by atoms with Crippen LogP contribution in [0.15, 0.2) is 36.5 Å². The molecule has 0 atom stereocenters. The summed E-state index contributed by atoms with van der Waals surface area (Å²) < 4.78 is 38.8. The average Bonchev–Trinajstić information content (AvgIpc) is 2.45. The predicted octanol–water partition coefficient (Wildman–Crippen LogP) is 4.24. The molecule has 0 saturated carbocycles. The Morgan fingerprint density at radius 3 is 2.71 bits per heavy atom. The van der Waals surface area contributed by atoms with E-state index < -0.39 is 11.7 Å². The monoisotopic (exact) mass is 311 g/mol. The molecule has 0 aliphatic heterocycles. The number of para-hydroxylation sites is 1. The zero-order valence-corrected chi connectivity index (χ0v) is 11.3. The van der Waals surface area contributed by atoms with E-state index in [0.29, 0.717) is 5.56 Å². The number of nitrogens with zero attached hydrogens (tertiary/aromatic N) is 2. The average molecular weight is 312 g/mol. The second-order valence-electron chi connectivity index (χ2n) is 4.17. The first-order valence-electron chi connectivity index (χ1n) is 5.86. The highest BCUT2D eigenvalue weighted by molar-refractivity contribution is 6.33. The summed E-state index contributed by atoms with van der Waals surface area (Å²) in [4.78, 5) is 3.79. The Labute approximate surface area is 124 Å². The molecule has 0 fully saturated rings. The Bertz CT molecular complexity index is 693. The van der Waals surface area contributed by atoms with Crippen molar-refractivity contribution in [2.75, 3.05) is 5.32 Å². The van der Waals surface area contributed by atoms with Crippen molar-refractivity contribution < 1.29 is 13.2 Å². The van der Waals surface area contributed by atoms with E-state index in [1.807, 2.05) is 6.07 Å². The van der Waals surface area contributed by atoms with Crippen molar-refractivity contribution in [2.24, 2.45) is 0 Å². The zero-order valence-electron chi connectivity index (χ0n) is 10.6. The first-order valence-corrected chi connectivity index (χ1v) is 6.24. The van der Waals surface area contributed by atoms with Crippen LogP contribution in [0.25, 0.3) is 0 Å². The summed E-state index contributed by atoms with van der Waals surface area (Å²) in [5, 5.41) is 11.4. The van der Waals surface area contributed by atoms with Gasteiger partial charge in [0, 0.05) is 12.7 Å². The van der Waals surface area contributed by atoms with E-state index in [2.05, 4.69) is 10.3 Å². The fourth-order valence-corrected chi connectivity index (χ4v) is 2.02. The third-order valence-electron chi connectivity index (χ3n) is 2.73. The maximum Gasteiger partial charge on any atom is 0.418 e. The number of benzene rings is 1. The Morgan fingerprint density at radius 1 is 1.29 bits per heavy atom. The third-order valence-corrected chi connectivity index (χ3v) is 3.04. The Morgan fingerprint density at radius 2 is 2.05 bits per heavy atom. The first-order chi connectivity index (χ1) is 9.91. The lowest BCUT2D eigenvalue weighted by Crippen LogP contribution is -2.11. The minimum Gasteiger partial charge on any atom is -0.379 e. The number of nitriles is 1. The molecule has 0 amide bonds. The van der Waals surface area contributed by atoms with Gasteiger partial charge in [-0.15, -0.1) is 0 Å². The molecule has 2 rings (SSSR count). The molecule has 1 aromatic carbocycles. The number of alkyl halides is 3. The van der Waals surface area contributed by atoms with Gasteiger partial charge in [-0.05, 0) is 29.8 Å².